The maximum atomic E-state index is 12.1. The Hall–Kier alpha value is -0.890. The number of aromatic nitrogens is 1. The molecule has 0 aliphatic carbocycles. The second kappa shape index (κ2) is 8.41. The van der Waals surface area contributed by atoms with Gasteiger partial charge in [-0.3, -0.25) is 0 Å². The molecule has 2 N–H and O–H groups in total. The van der Waals surface area contributed by atoms with E-state index < -0.39 is 10.0 Å². The Morgan fingerprint density at radius 2 is 2.10 bits per heavy atom. The van der Waals surface area contributed by atoms with Crippen LogP contribution in [0.5, 0.6) is 0 Å². The zero-order chi connectivity index (χ0) is 15.0. The quantitative estimate of drug-likeness (QED) is 0.628. The van der Waals surface area contributed by atoms with E-state index in [0.29, 0.717) is 31.0 Å². The van der Waals surface area contributed by atoms with E-state index in [9.17, 15) is 8.42 Å². The summed E-state index contributed by atoms with van der Waals surface area (Å²) in [6.45, 7) is 4.61. The summed E-state index contributed by atoms with van der Waals surface area (Å²) in [6, 6.07) is 1.71. The van der Waals surface area contributed by atoms with Crippen LogP contribution in [0.3, 0.4) is 0 Å². The fourth-order valence-corrected chi connectivity index (χ4v) is 2.97. The molecule has 116 valence electrons. The highest BCUT2D eigenvalue weighted by Crippen LogP contribution is 2.13. The molecule has 1 rings (SSSR count). The number of nitrogens with one attached hydrogen (secondary N) is 2. The summed E-state index contributed by atoms with van der Waals surface area (Å²) in [5.74, 6) is 0. The third-order valence-electron chi connectivity index (χ3n) is 2.94. The SMILES string of the molecule is CCCNCc1cc(S(=O)(=O)NCCCOC)cn1C. The van der Waals surface area contributed by atoms with Crippen molar-refractivity contribution >= 4 is 10.0 Å². The highest BCUT2D eigenvalue weighted by Gasteiger charge is 2.16. The van der Waals surface area contributed by atoms with Gasteiger partial charge in [-0.2, -0.15) is 0 Å². The molecule has 0 atom stereocenters. The number of nitrogens with zero attached hydrogens (tertiary/aromatic N) is 1. The predicted octanol–water partition coefficient (Wildman–Crippen LogP) is 0.840. The third kappa shape index (κ3) is 5.24. The lowest BCUT2D eigenvalue weighted by atomic mass is 10.4. The number of methoxy groups -OCH3 is 1. The summed E-state index contributed by atoms with van der Waals surface area (Å²) in [7, 11) is 0.0254. The Morgan fingerprint density at radius 1 is 1.35 bits per heavy atom. The highest BCUT2D eigenvalue weighted by molar-refractivity contribution is 7.89. The van der Waals surface area contributed by atoms with Crippen LogP contribution in [0.25, 0.3) is 0 Å². The van der Waals surface area contributed by atoms with Gasteiger partial charge in [-0.1, -0.05) is 6.92 Å². The first-order chi connectivity index (χ1) is 9.51. The summed E-state index contributed by atoms with van der Waals surface area (Å²) < 4.78 is 33.5. The molecule has 1 heterocycles. The van der Waals surface area contributed by atoms with Gasteiger partial charge in [0.15, 0.2) is 0 Å². The van der Waals surface area contributed by atoms with Gasteiger partial charge >= 0.3 is 0 Å². The summed E-state index contributed by atoms with van der Waals surface area (Å²) in [5, 5.41) is 3.26. The summed E-state index contributed by atoms with van der Waals surface area (Å²) in [5.41, 5.74) is 0.954. The fourth-order valence-electron chi connectivity index (χ4n) is 1.80. The highest BCUT2D eigenvalue weighted by atomic mass is 32.2. The Kier molecular flexibility index (Phi) is 7.22. The Bertz CT molecular complexity index is 497. The molecular formula is C13H25N3O3S. The van der Waals surface area contributed by atoms with Crippen LogP contribution in [-0.2, 0) is 28.4 Å². The molecule has 1 aromatic rings. The molecule has 0 aliphatic rings. The van der Waals surface area contributed by atoms with Crippen molar-refractivity contribution in [2.45, 2.75) is 31.2 Å². The number of hydrogen-bond acceptors (Lipinski definition) is 4. The largest absolute Gasteiger partial charge is 0.385 e. The minimum absolute atomic E-state index is 0.311. The number of sulfonamides is 1. The zero-order valence-electron chi connectivity index (χ0n) is 12.5. The van der Waals surface area contributed by atoms with Crippen LogP contribution >= 0.6 is 0 Å². The molecule has 0 radical (unpaired) electrons. The summed E-state index contributed by atoms with van der Waals surface area (Å²) >= 11 is 0. The molecule has 0 spiro atoms. The average Bonchev–Trinajstić information content (AvgIpc) is 2.78. The maximum Gasteiger partial charge on any atom is 0.242 e. The zero-order valence-corrected chi connectivity index (χ0v) is 13.3. The van der Waals surface area contributed by atoms with Crippen LogP contribution in [0.4, 0.5) is 0 Å². The van der Waals surface area contributed by atoms with Crippen LogP contribution in [0, 0.1) is 0 Å². The van der Waals surface area contributed by atoms with Gasteiger partial charge < -0.3 is 14.6 Å². The summed E-state index contributed by atoms with van der Waals surface area (Å²) in [6.07, 6.45) is 3.35. The van der Waals surface area contributed by atoms with Crippen molar-refractivity contribution in [3.05, 3.63) is 18.0 Å². The normalized spacial score (nSPS) is 11.9. The van der Waals surface area contributed by atoms with E-state index in [-0.39, 0.29) is 0 Å². The van der Waals surface area contributed by atoms with Gasteiger partial charge in [0, 0.05) is 45.7 Å². The molecule has 6 nitrogen and oxygen atoms in total. The third-order valence-corrected chi connectivity index (χ3v) is 4.37. The van der Waals surface area contributed by atoms with E-state index in [1.165, 1.54) is 0 Å². The van der Waals surface area contributed by atoms with Crippen LogP contribution in [0.2, 0.25) is 0 Å². The lowest BCUT2D eigenvalue weighted by molar-refractivity contribution is 0.196. The monoisotopic (exact) mass is 303 g/mol. The Balaban J connectivity index is 2.63. The molecule has 7 heteroatoms. The Labute approximate surface area is 121 Å². The Morgan fingerprint density at radius 3 is 2.75 bits per heavy atom. The van der Waals surface area contributed by atoms with Crippen molar-refractivity contribution in [1.82, 2.24) is 14.6 Å². The van der Waals surface area contributed by atoms with Crippen LogP contribution in [-0.4, -0.2) is 39.8 Å². The molecular weight excluding hydrogens is 278 g/mol. The first-order valence-electron chi connectivity index (χ1n) is 6.85. The molecule has 20 heavy (non-hydrogen) atoms. The van der Waals surface area contributed by atoms with Crippen molar-refractivity contribution in [3.8, 4) is 0 Å². The lowest BCUT2D eigenvalue weighted by Gasteiger charge is -2.04. The van der Waals surface area contributed by atoms with E-state index in [4.69, 9.17) is 4.74 Å². The number of aryl methyl sites for hydroxylation is 1. The minimum Gasteiger partial charge on any atom is -0.385 e. The first kappa shape index (κ1) is 17.2. The fraction of sp³-hybridized carbons (Fsp3) is 0.692. The van der Waals surface area contributed by atoms with E-state index in [1.807, 2.05) is 11.6 Å². The summed E-state index contributed by atoms with van der Waals surface area (Å²) in [4.78, 5) is 0.311. The second-order valence-electron chi connectivity index (χ2n) is 4.70. The first-order valence-corrected chi connectivity index (χ1v) is 8.34. The number of ether oxygens (including phenoxy) is 1. The van der Waals surface area contributed by atoms with Gasteiger partial charge in [0.2, 0.25) is 10.0 Å². The van der Waals surface area contributed by atoms with Crippen LogP contribution < -0.4 is 10.0 Å². The molecule has 0 saturated heterocycles. The molecule has 1 aromatic heterocycles. The van der Waals surface area contributed by atoms with E-state index in [1.54, 1.807) is 19.4 Å². The lowest BCUT2D eigenvalue weighted by Crippen LogP contribution is -2.25. The van der Waals surface area contributed by atoms with Gasteiger partial charge in [-0.25, -0.2) is 13.1 Å². The number of rotatable bonds is 10. The van der Waals surface area contributed by atoms with E-state index >= 15 is 0 Å². The van der Waals surface area contributed by atoms with Gasteiger partial charge in [0.25, 0.3) is 0 Å². The molecule has 0 unspecified atom stereocenters. The van der Waals surface area contributed by atoms with Gasteiger partial charge in [-0.15, -0.1) is 0 Å². The molecule has 0 fully saturated rings. The molecule has 0 saturated carbocycles. The second-order valence-corrected chi connectivity index (χ2v) is 6.47. The predicted molar refractivity (Wildman–Crippen MR) is 79.1 cm³/mol. The average molecular weight is 303 g/mol. The van der Waals surface area contributed by atoms with Crippen molar-refractivity contribution < 1.29 is 13.2 Å². The van der Waals surface area contributed by atoms with Gasteiger partial charge in [-0.05, 0) is 25.5 Å². The smallest absolute Gasteiger partial charge is 0.242 e. The molecule has 0 aliphatic heterocycles. The van der Waals surface area contributed by atoms with Crippen LogP contribution in [0.15, 0.2) is 17.2 Å². The van der Waals surface area contributed by atoms with Crippen molar-refractivity contribution in [3.63, 3.8) is 0 Å². The molecule has 0 aromatic carbocycles. The van der Waals surface area contributed by atoms with Crippen molar-refractivity contribution in [1.29, 1.82) is 0 Å². The topological polar surface area (TPSA) is 72.4 Å². The molecule has 0 bridgehead atoms. The van der Waals surface area contributed by atoms with Crippen molar-refractivity contribution in [2.24, 2.45) is 7.05 Å². The van der Waals surface area contributed by atoms with Gasteiger partial charge in [0.1, 0.15) is 0 Å². The minimum atomic E-state index is -3.43. The van der Waals surface area contributed by atoms with E-state index in [0.717, 1.165) is 18.7 Å². The molecule has 0 amide bonds. The van der Waals surface area contributed by atoms with Crippen molar-refractivity contribution in [2.75, 3.05) is 26.8 Å². The number of hydrogen-bond donors (Lipinski definition) is 2. The van der Waals surface area contributed by atoms with E-state index in [2.05, 4.69) is 17.0 Å². The van der Waals surface area contributed by atoms with Crippen LogP contribution in [0.1, 0.15) is 25.5 Å². The standard InChI is InChI=1S/C13H25N3O3S/c1-4-6-14-10-12-9-13(11-16(12)2)20(17,18)15-7-5-8-19-3/h9,11,14-15H,4-8,10H2,1-3H3. The van der Waals surface area contributed by atoms with Gasteiger partial charge in [0.05, 0.1) is 4.90 Å². The maximum absolute atomic E-state index is 12.1.